The molecule has 0 atom stereocenters. The minimum atomic E-state index is -1.13. The fraction of sp³-hybridized carbons (Fsp3) is 0.0769. The van der Waals surface area contributed by atoms with Gasteiger partial charge < -0.3 is 5.11 Å². The van der Waals surface area contributed by atoms with Crippen LogP contribution in [0.4, 0.5) is 0 Å². The standard InChI is InChI=1S/C13H10N2O3/c16-12(8-13(17)18)10-4-1-3-9(7-10)11-5-2-6-14-15-11/h1-7H,8H2,(H,17,18). The topological polar surface area (TPSA) is 80.1 Å². The highest BCUT2D eigenvalue weighted by Gasteiger charge is 2.11. The van der Waals surface area contributed by atoms with Gasteiger partial charge in [0.05, 0.1) is 5.69 Å². The van der Waals surface area contributed by atoms with Crippen molar-refractivity contribution in [2.75, 3.05) is 0 Å². The number of carboxylic acid groups (broad SMARTS) is 1. The van der Waals surface area contributed by atoms with Crippen molar-refractivity contribution in [3.05, 3.63) is 48.2 Å². The Labute approximate surface area is 103 Å². The number of carbonyl (C=O) groups is 2. The predicted octanol–water partition coefficient (Wildman–Crippen LogP) is 1.80. The fourth-order valence-electron chi connectivity index (χ4n) is 1.55. The van der Waals surface area contributed by atoms with E-state index >= 15 is 0 Å². The molecule has 5 nitrogen and oxygen atoms in total. The Morgan fingerprint density at radius 1 is 1.17 bits per heavy atom. The van der Waals surface area contributed by atoms with Gasteiger partial charge in [-0.3, -0.25) is 9.59 Å². The van der Waals surface area contributed by atoms with Gasteiger partial charge in [-0.1, -0.05) is 18.2 Å². The summed E-state index contributed by atoms with van der Waals surface area (Å²) in [7, 11) is 0. The summed E-state index contributed by atoms with van der Waals surface area (Å²) in [4.78, 5) is 22.1. The zero-order valence-corrected chi connectivity index (χ0v) is 9.41. The molecule has 1 heterocycles. The molecule has 0 radical (unpaired) electrons. The van der Waals surface area contributed by atoms with Gasteiger partial charge in [0.25, 0.3) is 0 Å². The largest absolute Gasteiger partial charge is 0.481 e. The van der Waals surface area contributed by atoms with E-state index in [9.17, 15) is 9.59 Å². The Hall–Kier alpha value is -2.56. The molecule has 0 aliphatic carbocycles. The van der Waals surface area contributed by atoms with Crippen LogP contribution >= 0.6 is 0 Å². The number of hydrogen-bond donors (Lipinski definition) is 1. The Kier molecular flexibility index (Phi) is 3.43. The summed E-state index contributed by atoms with van der Waals surface area (Å²) in [5.41, 5.74) is 1.74. The molecule has 18 heavy (non-hydrogen) atoms. The van der Waals surface area contributed by atoms with Gasteiger partial charge in [-0.2, -0.15) is 10.2 Å². The molecule has 2 aromatic rings. The molecule has 0 saturated carbocycles. The molecule has 0 spiro atoms. The third kappa shape index (κ3) is 2.76. The lowest BCUT2D eigenvalue weighted by Crippen LogP contribution is -2.06. The lowest BCUT2D eigenvalue weighted by Gasteiger charge is -2.02. The number of aromatic nitrogens is 2. The molecule has 0 aliphatic heterocycles. The van der Waals surface area contributed by atoms with Gasteiger partial charge in [0.1, 0.15) is 6.42 Å². The van der Waals surface area contributed by atoms with Gasteiger partial charge >= 0.3 is 5.97 Å². The molecule has 0 fully saturated rings. The van der Waals surface area contributed by atoms with E-state index in [1.807, 2.05) is 0 Å². The van der Waals surface area contributed by atoms with Crippen LogP contribution in [0.25, 0.3) is 11.3 Å². The second-order valence-electron chi connectivity index (χ2n) is 3.68. The summed E-state index contributed by atoms with van der Waals surface area (Å²) in [6.07, 6.45) is 1.05. The summed E-state index contributed by atoms with van der Waals surface area (Å²) < 4.78 is 0. The van der Waals surface area contributed by atoms with Crippen molar-refractivity contribution >= 4 is 11.8 Å². The third-order valence-corrected chi connectivity index (χ3v) is 2.36. The van der Waals surface area contributed by atoms with Crippen molar-refractivity contribution in [2.24, 2.45) is 0 Å². The van der Waals surface area contributed by atoms with Crippen LogP contribution in [-0.2, 0) is 4.79 Å². The molecule has 0 amide bonds. The number of carboxylic acids is 1. The smallest absolute Gasteiger partial charge is 0.311 e. The van der Waals surface area contributed by atoms with Gasteiger partial charge in [0, 0.05) is 17.3 Å². The maximum atomic E-state index is 11.6. The second kappa shape index (κ2) is 5.18. The van der Waals surface area contributed by atoms with Crippen LogP contribution in [0.15, 0.2) is 42.6 Å². The molecular weight excluding hydrogens is 232 g/mol. The average molecular weight is 242 g/mol. The third-order valence-electron chi connectivity index (χ3n) is 2.36. The Morgan fingerprint density at radius 2 is 2.00 bits per heavy atom. The van der Waals surface area contributed by atoms with Gasteiger partial charge in [-0.25, -0.2) is 0 Å². The normalized spacial score (nSPS) is 10.0. The first-order valence-electron chi connectivity index (χ1n) is 5.30. The van der Waals surface area contributed by atoms with E-state index < -0.39 is 18.2 Å². The first kappa shape index (κ1) is 11.9. The van der Waals surface area contributed by atoms with Gasteiger partial charge in [0.15, 0.2) is 5.78 Å². The first-order valence-corrected chi connectivity index (χ1v) is 5.30. The van der Waals surface area contributed by atoms with Crippen molar-refractivity contribution in [1.29, 1.82) is 0 Å². The van der Waals surface area contributed by atoms with E-state index in [0.29, 0.717) is 11.3 Å². The number of Topliss-reactive ketones (excluding diaryl/α,β-unsaturated/α-hetero) is 1. The number of nitrogens with zero attached hydrogens (tertiary/aromatic N) is 2. The van der Waals surface area contributed by atoms with E-state index in [0.717, 1.165) is 5.56 Å². The summed E-state index contributed by atoms with van der Waals surface area (Å²) in [5.74, 6) is -1.56. The zero-order valence-electron chi connectivity index (χ0n) is 9.41. The number of ketones is 1. The van der Waals surface area contributed by atoms with Crippen molar-refractivity contribution in [3.8, 4) is 11.3 Å². The lowest BCUT2D eigenvalue weighted by molar-refractivity contribution is -0.135. The van der Waals surface area contributed by atoms with Gasteiger partial charge in [-0.05, 0) is 18.2 Å². The zero-order chi connectivity index (χ0) is 13.0. The number of carbonyl (C=O) groups excluding carboxylic acids is 1. The van der Waals surface area contributed by atoms with Crippen LogP contribution < -0.4 is 0 Å². The first-order chi connectivity index (χ1) is 8.66. The lowest BCUT2D eigenvalue weighted by atomic mass is 10.0. The van der Waals surface area contributed by atoms with Crippen molar-refractivity contribution in [3.63, 3.8) is 0 Å². The summed E-state index contributed by atoms with van der Waals surface area (Å²) >= 11 is 0. The number of aliphatic carboxylic acids is 1. The Balaban J connectivity index is 2.31. The molecule has 0 aliphatic rings. The Morgan fingerprint density at radius 3 is 2.67 bits per heavy atom. The van der Waals surface area contributed by atoms with Crippen LogP contribution in [-0.4, -0.2) is 27.1 Å². The molecule has 1 aromatic heterocycles. The average Bonchev–Trinajstić information content (AvgIpc) is 2.39. The molecule has 0 bridgehead atoms. The monoisotopic (exact) mass is 242 g/mol. The summed E-state index contributed by atoms with van der Waals surface area (Å²) in [6, 6.07) is 10.2. The quantitative estimate of drug-likeness (QED) is 0.653. The van der Waals surface area contributed by atoms with Crippen LogP contribution in [0.1, 0.15) is 16.8 Å². The van der Waals surface area contributed by atoms with E-state index in [2.05, 4.69) is 10.2 Å². The van der Waals surface area contributed by atoms with Crippen molar-refractivity contribution in [1.82, 2.24) is 10.2 Å². The highest BCUT2D eigenvalue weighted by atomic mass is 16.4. The number of hydrogen-bond acceptors (Lipinski definition) is 4. The van der Waals surface area contributed by atoms with E-state index in [1.54, 1.807) is 42.6 Å². The number of rotatable bonds is 4. The molecule has 90 valence electrons. The highest BCUT2D eigenvalue weighted by Crippen LogP contribution is 2.17. The minimum absolute atomic E-state index is 0.362. The van der Waals surface area contributed by atoms with Crippen LogP contribution in [0.2, 0.25) is 0 Å². The second-order valence-corrected chi connectivity index (χ2v) is 3.68. The summed E-state index contributed by atoms with van der Waals surface area (Å²) in [5, 5.41) is 16.3. The van der Waals surface area contributed by atoms with Crippen LogP contribution in [0, 0.1) is 0 Å². The van der Waals surface area contributed by atoms with Crippen LogP contribution in [0.5, 0.6) is 0 Å². The fourth-order valence-corrected chi connectivity index (χ4v) is 1.55. The van der Waals surface area contributed by atoms with Crippen molar-refractivity contribution in [2.45, 2.75) is 6.42 Å². The molecular formula is C13H10N2O3. The summed E-state index contributed by atoms with van der Waals surface area (Å²) in [6.45, 7) is 0. The predicted molar refractivity (Wildman–Crippen MR) is 64.1 cm³/mol. The van der Waals surface area contributed by atoms with E-state index in [-0.39, 0.29) is 0 Å². The maximum Gasteiger partial charge on any atom is 0.311 e. The van der Waals surface area contributed by atoms with Crippen LogP contribution in [0.3, 0.4) is 0 Å². The van der Waals surface area contributed by atoms with Gasteiger partial charge in [0.2, 0.25) is 0 Å². The molecule has 0 saturated heterocycles. The van der Waals surface area contributed by atoms with Gasteiger partial charge in [-0.15, -0.1) is 0 Å². The minimum Gasteiger partial charge on any atom is -0.481 e. The highest BCUT2D eigenvalue weighted by molar-refractivity contribution is 6.05. The molecule has 5 heteroatoms. The van der Waals surface area contributed by atoms with Crippen molar-refractivity contribution < 1.29 is 14.7 Å². The molecule has 2 rings (SSSR count). The van der Waals surface area contributed by atoms with E-state index in [1.165, 1.54) is 0 Å². The molecule has 1 aromatic carbocycles. The van der Waals surface area contributed by atoms with E-state index in [4.69, 9.17) is 5.11 Å². The maximum absolute atomic E-state index is 11.6. The Bertz CT molecular complexity index is 582. The molecule has 0 unspecified atom stereocenters. The SMILES string of the molecule is O=C(O)CC(=O)c1cccc(-c2cccnn2)c1. The molecule has 1 N–H and O–H groups in total. The number of benzene rings is 1.